The van der Waals surface area contributed by atoms with E-state index in [0.29, 0.717) is 11.7 Å². The van der Waals surface area contributed by atoms with Crippen LogP contribution >= 0.6 is 0 Å². The number of anilines is 2. The van der Waals surface area contributed by atoms with Gasteiger partial charge in [0, 0.05) is 12.6 Å². The van der Waals surface area contributed by atoms with Crippen molar-refractivity contribution in [2.45, 2.75) is 25.3 Å². The molecular weight excluding hydrogens is 332 g/mol. The number of nitrogens with one attached hydrogen (secondary N) is 3. The molecule has 0 saturated heterocycles. The van der Waals surface area contributed by atoms with E-state index < -0.39 is 0 Å². The summed E-state index contributed by atoms with van der Waals surface area (Å²) in [6.07, 6.45) is 4.60. The number of methoxy groups -OCH3 is 2. The molecule has 1 heterocycles. The van der Waals surface area contributed by atoms with Gasteiger partial charge in [-0.2, -0.15) is 0 Å². The van der Waals surface area contributed by atoms with E-state index in [1.165, 1.54) is 0 Å². The molecule has 0 aliphatic heterocycles. The molecule has 7 nitrogen and oxygen atoms in total. The largest absolute Gasteiger partial charge is 0.493 e. The van der Waals surface area contributed by atoms with Gasteiger partial charge in [-0.15, -0.1) is 0 Å². The van der Waals surface area contributed by atoms with E-state index in [0.717, 1.165) is 48.7 Å². The SMILES string of the molecule is COc1ccc(CCNc2ccc(NC(=O)NC3CC3)cn2)cc1OC. The van der Waals surface area contributed by atoms with E-state index in [9.17, 15) is 4.79 Å². The Hall–Kier alpha value is -2.96. The van der Waals surface area contributed by atoms with Gasteiger partial charge in [0.25, 0.3) is 0 Å². The van der Waals surface area contributed by atoms with Gasteiger partial charge < -0.3 is 25.4 Å². The predicted octanol–water partition coefficient (Wildman–Crippen LogP) is 3.04. The summed E-state index contributed by atoms with van der Waals surface area (Å²) in [5, 5.41) is 8.92. The number of rotatable bonds is 8. The van der Waals surface area contributed by atoms with E-state index in [1.54, 1.807) is 20.4 Å². The number of ether oxygens (including phenoxy) is 2. The third kappa shape index (κ3) is 5.02. The second-order valence-electron chi connectivity index (χ2n) is 6.17. The van der Waals surface area contributed by atoms with Crippen LogP contribution < -0.4 is 25.4 Å². The van der Waals surface area contributed by atoms with Crippen molar-refractivity contribution >= 4 is 17.5 Å². The van der Waals surface area contributed by atoms with Gasteiger partial charge in [0.05, 0.1) is 26.1 Å². The fourth-order valence-electron chi connectivity index (χ4n) is 2.52. The first-order valence-electron chi connectivity index (χ1n) is 8.66. The normalized spacial score (nSPS) is 13.0. The number of urea groups is 1. The summed E-state index contributed by atoms with van der Waals surface area (Å²) in [4.78, 5) is 16.0. The van der Waals surface area contributed by atoms with Crippen LogP contribution in [0.15, 0.2) is 36.5 Å². The molecule has 7 heteroatoms. The zero-order valence-corrected chi connectivity index (χ0v) is 15.0. The van der Waals surface area contributed by atoms with Gasteiger partial charge in [-0.3, -0.25) is 0 Å². The fraction of sp³-hybridized carbons (Fsp3) is 0.368. The first kappa shape index (κ1) is 17.8. The van der Waals surface area contributed by atoms with Gasteiger partial charge in [-0.25, -0.2) is 9.78 Å². The minimum absolute atomic E-state index is 0.177. The van der Waals surface area contributed by atoms with Crippen molar-refractivity contribution in [3.05, 3.63) is 42.1 Å². The number of nitrogens with zero attached hydrogens (tertiary/aromatic N) is 1. The number of carbonyl (C=O) groups excluding carboxylic acids is 1. The third-order valence-electron chi connectivity index (χ3n) is 4.10. The Morgan fingerprint density at radius 1 is 1.15 bits per heavy atom. The molecule has 0 radical (unpaired) electrons. The zero-order valence-electron chi connectivity index (χ0n) is 15.0. The minimum atomic E-state index is -0.177. The summed E-state index contributed by atoms with van der Waals surface area (Å²) in [6, 6.07) is 9.73. The lowest BCUT2D eigenvalue weighted by molar-refractivity contribution is 0.251. The molecule has 138 valence electrons. The summed E-state index contributed by atoms with van der Waals surface area (Å²) in [5.41, 5.74) is 1.82. The number of hydrogen-bond acceptors (Lipinski definition) is 5. The van der Waals surface area contributed by atoms with Crippen molar-refractivity contribution in [3.63, 3.8) is 0 Å². The standard InChI is InChI=1S/C19H24N4O3/c1-25-16-7-3-13(11-17(16)26-2)9-10-20-18-8-6-15(12-21-18)23-19(24)22-14-4-5-14/h3,6-8,11-12,14H,4-5,9-10H2,1-2H3,(H,20,21)(H2,22,23,24). The van der Waals surface area contributed by atoms with E-state index in [1.807, 2.05) is 30.3 Å². The Morgan fingerprint density at radius 2 is 1.96 bits per heavy atom. The van der Waals surface area contributed by atoms with Crippen molar-refractivity contribution in [3.8, 4) is 11.5 Å². The molecule has 2 amide bonds. The lowest BCUT2D eigenvalue weighted by atomic mass is 10.1. The number of carbonyl (C=O) groups is 1. The van der Waals surface area contributed by atoms with Crippen molar-refractivity contribution in [2.24, 2.45) is 0 Å². The highest BCUT2D eigenvalue weighted by Gasteiger charge is 2.23. The lowest BCUT2D eigenvalue weighted by Crippen LogP contribution is -2.30. The van der Waals surface area contributed by atoms with Gasteiger partial charge in [-0.05, 0) is 49.1 Å². The highest BCUT2D eigenvalue weighted by Crippen LogP contribution is 2.27. The second kappa shape index (κ2) is 8.42. The van der Waals surface area contributed by atoms with E-state index in [2.05, 4.69) is 20.9 Å². The fourth-order valence-corrected chi connectivity index (χ4v) is 2.52. The van der Waals surface area contributed by atoms with Crippen molar-refractivity contribution in [1.29, 1.82) is 0 Å². The van der Waals surface area contributed by atoms with Crippen LogP contribution in [0.3, 0.4) is 0 Å². The maximum atomic E-state index is 11.7. The molecule has 1 aromatic carbocycles. The predicted molar refractivity (Wildman–Crippen MR) is 101 cm³/mol. The Labute approximate surface area is 153 Å². The molecule has 0 bridgehead atoms. The molecule has 26 heavy (non-hydrogen) atoms. The molecule has 2 aromatic rings. The average molecular weight is 356 g/mol. The Morgan fingerprint density at radius 3 is 2.62 bits per heavy atom. The van der Waals surface area contributed by atoms with Crippen LogP contribution in [0.2, 0.25) is 0 Å². The van der Waals surface area contributed by atoms with Gasteiger partial charge in [-0.1, -0.05) is 6.07 Å². The molecule has 1 aromatic heterocycles. The highest BCUT2D eigenvalue weighted by atomic mass is 16.5. The van der Waals surface area contributed by atoms with Crippen LogP contribution in [0.5, 0.6) is 11.5 Å². The van der Waals surface area contributed by atoms with Crippen molar-refractivity contribution < 1.29 is 14.3 Å². The van der Waals surface area contributed by atoms with Crippen LogP contribution in [-0.2, 0) is 6.42 Å². The Balaban J connectivity index is 1.46. The van der Waals surface area contributed by atoms with E-state index >= 15 is 0 Å². The van der Waals surface area contributed by atoms with Crippen molar-refractivity contribution in [2.75, 3.05) is 31.4 Å². The number of pyridine rings is 1. The summed E-state index contributed by atoms with van der Waals surface area (Å²) in [6.45, 7) is 0.734. The highest BCUT2D eigenvalue weighted by molar-refractivity contribution is 5.89. The van der Waals surface area contributed by atoms with Crippen LogP contribution in [0.4, 0.5) is 16.3 Å². The summed E-state index contributed by atoms with van der Waals surface area (Å²) in [7, 11) is 3.25. The van der Waals surface area contributed by atoms with Crippen LogP contribution in [-0.4, -0.2) is 37.8 Å². The molecular formula is C19H24N4O3. The number of benzene rings is 1. The van der Waals surface area contributed by atoms with Gasteiger partial charge in [0.15, 0.2) is 11.5 Å². The smallest absolute Gasteiger partial charge is 0.319 e. The molecule has 0 spiro atoms. The molecule has 1 fully saturated rings. The summed E-state index contributed by atoms with van der Waals surface area (Å²) >= 11 is 0. The molecule has 1 saturated carbocycles. The minimum Gasteiger partial charge on any atom is -0.493 e. The molecule has 1 aliphatic carbocycles. The molecule has 0 atom stereocenters. The van der Waals surface area contributed by atoms with Gasteiger partial charge in [0.2, 0.25) is 0 Å². The topological polar surface area (TPSA) is 84.5 Å². The number of hydrogen-bond donors (Lipinski definition) is 3. The van der Waals surface area contributed by atoms with Crippen molar-refractivity contribution in [1.82, 2.24) is 10.3 Å². The quantitative estimate of drug-likeness (QED) is 0.677. The second-order valence-corrected chi connectivity index (χ2v) is 6.17. The van der Waals surface area contributed by atoms with E-state index in [4.69, 9.17) is 9.47 Å². The summed E-state index contributed by atoms with van der Waals surface area (Å²) in [5.74, 6) is 2.21. The molecule has 3 N–H and O–H groups in total. The van der Waals surface area contributed by atoms with Crippen LogP contribution in [0.25, 0.3) is 0 Å². The number of aromatic nitrogens is 1. The molecule has 3 rings (SSSR count). The van der Waals surface area contributed by atoms with Crippen LogP contribution in [0.1, 0.15) is 18.4 Å². The first-order chi connectivity index (χ1) is 12.7. The molecule has 1 aliphatic rings. The zero-order chi connectivity index (χ0) is 18.4. The average Bonchev–Trinajstić information content (AvgIpc) is 3.46. The first-order valence-corrected chi connectivity index (χ1v) is 8.66. The maximum Gasteiger partial charge on any atom is 0.319 e. The van der Waals surface area contributed by atoms with Gasteiger partial charge in [0.1, 0.15) is 5.82 Å². The van der Waals surface area contributed by atoms with Crippen LogP contribution in [0, 0.1) is 0 Å². The third-order valence-corrected chi connectivity index (χ3v) is 4.10. The Kier molecular flexibility index (Phi) is 5.78. The van der Waals surface area contributed by atoms with Gasteiger partial charge >= 0.3 is 6.03 Å². The Bertz CT molecular complexity index is 745. The molecule has 0 unspecified atom stereocenters. The van der Waals surface area contributed by atoms with E-state index in [-0.39, 0.29) is 6.03 Å². The summed E-state index contributed by atoms with van der Waals surface area (Å²) < 4.78 is 10.6. The lowest BCUT2D eigenvalue weighted by Gasteiger charge is -2.11. The maximum absolute atomic E-state index is 11.7. The monoisotopic (exact) mass is 356 g/mol. The number of amides is 2.